The Kier molecular flexibility index (Phi) is 3.26. The van der Waals surface area contributed by atoms with Crippen molar-refractivity contribution in [2.75, 3.05) is 7.11 Å². The molecule has 2 heterocycles. The van der Waals surface area contributed by atoms with Gasteiger partial charge in [0.2, 0.25) is 5.88 Å². The number of nitrogens with zero attached hydrogens (tertiary/aromatic N) is 5. The van der Waals surface area contributed by atoms with E-state index in [-0.39, 0.29) is 11.6 Å². The number of non-ortho nitro benzene ring substituents is 1. The second kappa shape index (κ2) is 5.09. The lowest BCUT2D eigenvalue weighted by Gasteiger charge is -2.05. The number of hydrogen-bond acceptors (Lipinski definition) is 6. The number of halogens is 1. The minimum Gasteiger partial charge on any atom is -0.480 e. The maximum Gasteiger partial charge on any atom is 0.271 e. The van der Waals surface area contributed by atoms with Crippen LogP contribution in [0, 0.1) is 10.1 Å². The smallest absolute Gasteiger partial charge is 0.271 e. The first-order chi connectivity index (χ1) is 10.1. The highest BCUT2D eigenvalue weighted by Gasteiger charge is 2.14. The summed E-state index contributed by atoms with van der Waals surface area (Å²) >= 11 is 3.27. The number of hydrogen-bond donors (Lipinski definition) is 0. The first kappa shape index (κ1) is 13.4. The summed E-state index contributed by atoms with van der Waals surface area (Å²) in [4.78, 5) is 18.8. The van der Waals surface area contributed by atoms with Crippen molar-refractivity contribution in [3.63, 3.8) is 0 Å². The molecule has 0 saturated heterocycles. The Balaban J connectivity index is 2.20. The Hall–Kier alpha value is -2.55. The molecule has 3 rings (SSSR count). The molecule has 0 atom stereocenters. The van der Waals surface area contributed by atoms with Crippen molar-refractivity contribution in [3.8, 4) is 11.8 Å². The van der Waals surface area contributed by atoms with Crippen molar-refractivity contribution in [3.05, 3.63) is 45.2 Å². The topological polar surface area (TPSA) is 96.0 Å². The summed E-state index contributed by atoms with van der Waals surface area (Å²) in [6.45, 7) is 0. The number of benzene rings is 1. The fourth-order valence-corrected chi connectivity index (χ4v) is 2.22. The maximum absolute atomic E-state index is 10.9. The van der Waals surface area contributed by atoms with Gasteiger partial charge in [0, 0.05) is 17.5 Å². The van der Waals surface area contributed by atoms with Crippen LogP contribution >= 0.6 is 15.9 Å². The van der Waals surface area contributed by atoms with Crippen LogP contribution < -0.4 is 4.74 Å². The van der Waals surface area contributed by atoms with E-state index in [9.17, 15) is 10.1 Å². The zero-order valence-corrected chi connectivity index (χ0v) is 12.3. The summed E-state index contributed by atoms with van der Waals surface area (Å²) in [7, 11) is 1.49. The predicted molar refractivity (Wildman–Crippen MR) is 77.6 cm³/mol. The van der Waals surface area contributed by atoms with Gasteiger partial charge < -0.3 is 4.74 Å². The molecule has 8 nitrogen and oxygen atoms in total. The summed E-state index contributed by atoms with van der Waals surface area (Å²) < 4.78 is 7.15. The lowest BCUT2D eigenvalue weighted by Crippen LogP contribution is -2.04. The van der Waals surface area contributed by atoms with Gasteiger partial charge in [-0.3, -0.25) is 10.1 Å². The molecule has 0 saturated carbocycles. The van der Waals surface area contributed by atoms with Crippen molar-refractivity contribution in [2.24, 2.45) is 0 Å². The zero-order valence-electron chi connectivity index (χ0n) is 10.7. The van der Waals surface area contributed by atoms with Crippen LogP contribution in [0.25, 0.3) is 16.9 Å². The van der Waals surface area contributed by atoms with Crippen LogP contribution in [-0.2, 0) is 0 Å². The molecule has 9 heteroatoms. The van der Waals surface area contributed by atoms with Gasteiger partial charge in [-0.15, -0.1) is 0 Å². The van der Waals surface area contributed by atoms with E-state index in [1.165, 1.54) is 30.1 Å². The van der Waals surface area contributed by atoms with Crippen LogP contribution in [0.3, 0.4) is 0 Å². The van der Waals surface area contributed by atoms with Crippen LogP contribution in [0.5, 0.6) is 5.88 Å². The number of aromatic nitrogens is 4. The van der Waals surface area contributed by atoms with Gasteiger partial charge >= 0.3 is 0 Å². The fourth-order valence-electron chi connectivity index (χ4n) is 1.87. The summed E-state index contributed by atoms with van der Waals surface area (Å²) in [5.41, 5.74) is 0.530. The predicted octanol–water partition coefficient (Wildman–Crippen LogP) is 2.49. The monoisotopic (exact) mass is 349 g/mol. The molecule has 0 aliphatic heterocycles. The highest BCUT2D eigenvalue weighted by molar-refractivity contribution is 9.10. The van der Waals surface area contributed by atoms with Gasteiger partial charge in [-0.1, -0.05) is 0 Å². The van der Waals surface area contributed by atoms with E-state index in [0.717, 1.165) is 5.39 Å². The van der Waals surface area contributed by atoms with Gasteiger partial charge in [-0.25, -0.2) is 4.98 Å². The van der Waals surface area contributed by atoms with Gasteiger partial charge in [0.05, 0.1) is 34.4 Å². The highest BCUT2D eigenvalue weighted by atomic mass is 79.9. The number of methoxy groups -OCH3 is 1. The van der Waals surface area contributed by atoms with Crippen molar-refractivity contribution in [1.82, 2.24) is 19.7 Å². The van der Waals surface area contributed by atoms with E-state index >= 15 is 0 Å². The second-order valence-electron chi connectivity index (χ2n) is 4.08. The summed E-state index contributed by atoms with van der Waals surface area (Å²) in [6, 6.07) is 4.49. The molecule has 0 bridgehead atoms. The highest BCUT2D eigenvalue weighted by Crippen LogP contribution is 2.25. The molecule has 0 aliphatic carbocycles. The van der Waals surface area contributed by atoms with Crippen LogP contribution in [0.15, 0.2) is 35.1 Å². The third kappa shape index (κ3) is 2.31. The first-order valence-corrected chi connectivity index (χ1v) is 6.58. The minimum atomic E-state index is -0.459. The number of nitro groups is 1. The lowest BCUT2D eigenvalue weighted by atomic mass is 10.2. The summed E-state index contributed by atoms with van der Waals surface area (Å²) in [6.07, 6.45) is 3.13. The minimum absolute atomic E-state index is 0.0201. The van der Waals surface area contributed by atoms with Gasteiger partial charge in [0.1, 0.15) is 0 Å². The van der Waals surface area contributed by atoms with E-state index < -0.39 is 4.92 Å². The van der Waals surface area contributed by atoms with Crippen molar-refractivity contribution in [2.45, 2.75) is 0 Å². The molecule has 0 N–H and O–H groups in total. The number of ether oxygens (including phenoxy) is 1. The number of rotatable bonds is 3. The van der Waals surface area contributed by atoms with Crippen molar-refractivity contribution in [1.29, 1.82) is 0 Å². The molecule has 0 radical (unpaired) electrons. The Bertz CT molecular complexity index is 848. The molecule has 0 unspecified atom stereocenters. The largest absolute Gasteiger partial charge is 0.480 e. The third-order valence-electron chi connectivity index (χ3n) is 2.85. The summed E-state index contributed by atoms with van der Waals surface area (Å²) in [5, 5.41) is 15.8. The third-order valence-corrected chi connectivity index (χ3v) is 3.39. The molecular weight excluding hydrogens is 342 g/mol. The number of fused-ring (bicyclic) bond motifs is 1. The molecule has 0 fully saturated rings. The van der Waals surface area contributed by atoms with E-state index in [0.29, 0.717) is 15.9 Å². The zero-order chi connectivity index (χ0) is 15.0. The molecule has 106 valence electrons. The van der Waals surface area contributed by atoms with Gasteiger partial charge in [0.25, 0.3) is 11.6 Å². The Labute approximate surface area is 126 Å². The van der Waals surface area contributed by atoms with Gasteiger partial charge in [0.15, 0.2) is 0 Å². The van der Waals surface area contributed by atoms with Crippen molar-refractivity contribution < 1.29 is 9.66 Å². The fraction of sp³-hybridized carbons (Fsp3) is 0.0833. The quantitative estimate of drug-likeness (QED) is 0.532. The number of nitro benzene ring substituents is 1. The first-order valence-electron chi connectivity index (χ1n) is 5.79. The van der Waals surface area contributed by atoms with Gasteiger partial charge in [-0.05, 0) is 22.0 Å². The van der Waals surface area contributed by atoms with E-state index in [4.69, 9.17) is 4.74 Å². The molecule has 0 spiro atoms. The molecule has 2 aromatic heterocycles. The molecule has 0 aliphatic rings. The Morgan fingerprint density at radius 3 is 2.90 bits per heavy atom. The molecule has 21 heavy (non-hydrogen) atoms. The SMILES string of the molecule is COc1nc(-n2ncc3ccc([N+](=O)[O-])cc32)ncc1Br. The average Bonchev–Trinajstić information content (AvgIpc) is 2.90. The van der Waals surface area contributed by atoms with Gasteiger partial charge in [-0.2, -0.15) is 14.8 Å². The normalized spacial score (nSPS) is 10.8. The van der Waals surface area contributed by atoms with E-state index in [1.807, 2.05) is 0 Å². The molecule has 1 aromatic carbocycles. The van der Waals surface area contributed by atoms with E-state index in [2.05, 4.69) is 31.0 Å². The van der Waals surface area contributed by atoms with Crippen LogP contribution in [0.4, 0.5) is 5.69 Å². The average molecular weight is 350 g/mol. The molecule has 0 amide bonds. The maximum atomic E-state index is 10.9. The van der Waals surface area contributed by atoms with Crippen LogP contribution in [0.2, 0.25) is 0 Å². The standard InChI is InChI=1S/C12H8BrN5O3/c1-21-11-9(13)6-14-12(16-11)17-10-4-8(18(19)20)3-2-7(10)5-15-17/h2-6H,1H3. The van der Waals surface area contributed by atoms with E-state index in [1.54, 1.807) is 12.3 Å². The molecular formula is C12H8BrN5O3. The second-order valence-corrected chi connectivity index (χ2v) is 4.94. The summed E-state index contributed by atoms with van der Waals surface area (Å²) in [5.74, 6) is 0.625. The Morgan fingerprint density at radius 1 is 1.38 bits per heavy atom. The lowest BCUT2D eigenvalue weighted by molar-refractivity contribution is -0.384. The van der Waals surface area contributed by atoms with Crippen LogP contribution in [-0.4, -0.2) is 31.8 Å². The molecule has 3 aromatic rings. The Morgan fingerprint density at radius 2 is 2.19 bits per heavy atom. The van der Waals surface area contributed by atoms with Crippen molar-refractivity contribution >= 4 is 32.5 Å². The van der Waals surface area contributed by atoms with Crippen LogP contribution in [0.1, 0.15) is 0 Å².